The van der Waals surface area contributed by atoms with Crippen molar-refractivity contribution >= 4 is 36.0 Å². The Morgan fingerprint density at radius 1 is 1.55 bits per heavy atom. The van der Waals surface area contributed by atoms with Crippen molar-refractivity contribution < 1.29 is 0 Å². The van der Waals surface area contributed by atoms with Crippen LogP contribution in [0.3, 0.4) is 0 Å². The van der Waals surface area contributed by atoms with Crippen LogP contribution in [0.25, 0.3) is 0 Å². The molecule has 0 spiro atoms. The van der Waals surface area contributed by atoms with Gasteiger partial charge in [-0.2, -0.15) is 5.10 Å². The lowest BCUT2D eigenvalue weighted by Gasteiger charge is -2.11. The average molecular weight is 263 g/mol. The Labute approximate surface area is 80.3 Å². The van der Waals surface area contributed by atoms with E-state index in [1.54, 1.807) is 15.3 Å². The molecule has 0 rings (SSSR count). The molecule has 0 aromatic rings. The highest BCUT2D eigenvalue weighted by Crippen LogP contribution is 2.08. The van der Waals surface area contributed by atoms with Gasteiger partial charge in [0.15, 0.2) is 5.82 Å². The fraction of sp³-hybridized carbons (Fsp3) is 0.143. The van der Waals surface area contributed by atoms with Gasteiger partial charge in [0.25, 0.3) is 0 Å². The second-order valence-corrected chi connectivity index (χ2v) is 2.22. The summed E-state index contributed by atoms with van der Waals surface area (Å²) in [5.74, 6) is 0.665. The Kier molecular flexibility index (Phi) is 5.73. The fourth-order valence-corrected chi connectivity index (χ4v) is 0.976. The molecule has 0 fully saturated rings. The van der Waals surface area contributed by atoms with E-state index in [0.717, 1.165) is 0 Å². The minimum atomic E-state index is 0.665. The van der Waals surface area contributed by atoms with Gasteiger partial charge in [-0.25, -0.2) is 10.0 Å². The topological polar surface area (TPSA) is 28.0 Å². The van der Waals surface area contributed by atoms with E-state index in [-0.39, 0.29) is 0 Å². The fourth-order valence-electron chi connectivity index (χ4n) is 0.494. The largest absolute Gasteiger partial charge is 0.245 e. The van der Waals surface area contributed by atoms with Crippen LogP contribution in [-0.2, 0) is 0 Å². The van der Waals surface area contributed by atoms with E-state index in [1.807, 2.05) is 13.0 Å². The maximum atomic E-state index is 3.74. The molecule has 0 heterocycles. The van der Waals surface area contributed by atoms with E-state index in [9.17, 15) is 0 Å². The predicted octanol–water partition coefficient (Wildman–Crippen LogP) is 2.37. The van der Waals surface area contributed by atoms with Crippen molar-refractivity contribution in [2.24, 2.45) is 10.1 Å². The van der Waals surface area contributed by atoms with Crippen molar-refractivity contribution in [2.45, 2.75) is 6.92 Å². The minimum absolute atomic E-state index is 0.665. The monoisotopic (exact) mass is 263 g/mol. The molecule has 0 aliphatic rings. The molecule has 11 heavy (non-hydrogen) atoms. The summed E-state index contributed by atoms with van der Waals surface area (Å²) in [7, 11) is 0. The van der Waals surface area contributed by atoms with Crippen LogP contribution in [0.15, 0.2) is 32.3 Å². The van der Waals surface area contributed by atoms with Crippen LogP contribution in [0.1, 0.15) is 6.92 Å². The summed E-state index contributed by atoms with van der Waals surface area (Å²) >= 11 is 2.07. The first-order valence-electron chi connectivity index (χ1n) is 2.96. The lowest BCUT2D eigenvalue weighted by atomic mass is 10.6. The highest BCUT2D eigenvalue weighted by Gasteiger charge is 1.97. The standard InChI is InChI=1S/C7H10IN3/c1-4-5-11(10-3)7(6-8)9-2/h4-6H,2-3H2,1H3/b5-4-,7-6-. The number of nitrogens with zero attached hydrogens (tertiary/aromatic N) is 3. The van der Waals surface area contributed by atoms with Crippen LogP contribution >= 0.6 is 22.6 Å². The average Bonchev–Trinajstić information content (AvgIpc) is 2.05. The number of allylic oxidation sites excluding steroid dienone is 1. The second-order valence-electron chi connectivity index (χ2n) is 1.59. The number of halogens is 1. The third kappa shape index (κ3) is 3.31. The van der Waals surface area contributed by atoms with Crippen molar-refractivity contribution in [1.29, 1.82) is 0 Å². The third-order valence-corrected chi connectivity index (χ3v) is 1.49. The Morgan fingerprint density at radius 2 is 2.18 bits per heavy atom. The molecule has 0 aliphatic heterocycles. The van der Waals surface area contributed by atoms with Gasteiger partial charge in [-0.05, 0) is 36.2 Å². The molecule has 0 aliphatic carbocycles. The molecular weight excluding hydrogens is 253 g/mol. The van der Waals surface area contributed by atoms with Gasteiger partial charge in [0, 0.05) is 17.0 Å². The van der Waals surface area contributed by atoms with E-state index in [1.165, 1.54) is 0 Å². The van der Waals surface area contributed by atoms with Gasteiger partial charge in [-0.15, -0.1) is 0 Å². The highest BCUT2D eigenvalue weighted by molar-refractivity contribution is 14.1. The predicted molar refractivity (Wildman–Crippen MR) is 57.9 cm³/mol. The maximum absolute atomic E-state index is 3.74. The van der Waals surface area contributed by atoms with Gasteiger partial charge < -0.3 is 0 Å². The maximum Gasteiger partial charge on any atom is 0.158 e. The summed E-state index contributed by atoms with van der Waals surface area (Å²) in [5.41, 5.74) is 0. The van der Waals surface area contributed by atoms with E-state index in [0.29, 0.717) is 5.82 Å². The SMILES string of the molecule is C=N/C(=C/I)N(/C=C\C)N=C. The Balaban J connectivity index is 4.46. The van der Waals surface area contributed by atoms with Gasteiger partial charge in [0.05, 0.1) is 0 Å². The summed E-state index contributed by atoms with van der Waals surface area (Å²) in [6, 6.07) is 0. The number of rotatable bonds is 4. The van der Waals surface area contributed by atoms with Crippen molar-refractivity contribution in [3.05, 3.63) is 22.2 Å². The summed E-state index contributed by atoms with van der Waals surface area (Å²) in [4.78, 5) is 3.74. The molecule has 0 aromatic heterocycles. The van der Waals surface area contributed by atoms with Gasteiger partial charge in [0.1, 0.15) is 0 Å². The molecule has 0 unspecified atom stereocenters. The lowest BCUT2D eigenvalue weighted by molar-refractivity contribution is 0.499. The molecule has 0 atom stereocenters. The lowest BCUT2D eigenvalue weighted by Crippen LogP contribution is -2.05. The zero-order valence-electron chi connectivity index (χ0n) is 6.37. The normalized spacial score (nSPS) is 11.6. The molecule has 0 radical (unpaired) electrons. The van der Waals surface area contributed by atoms with E-state index in [4.69, 9.17) is 0 Å². The zero-order chi connectivity index (χ0) is 8.69. The van der Waals surface area contributed by atoms with E-state index >= 15 is 0 Å². The molecule has 4 heteroatoms. The third-order valence-electron chi connectivity index (χ3n) is 0.937. The van der Waals surface area contributed by atoms with Crippen molar-refractivity contribution in [3.8, 4) is 0 Å². The van der Waals surface area contributed by atoms with Crippen molar-refractivity contribution in [2.75, 3.05) is 0 Å². The Hall–Kier alpha value is -0.650. The van der Waals surface area contributed by atoms with Gasteiger partial charge in [0.2, 0.25) is 0 Å². The van der Waals surface area contributed by atoms with E-state index < -0.39 is 0 Å². The number of hydrogen-bond acceptors (Lipinski definition) is 3. The van der Waals surface area contributed by atoms with Gasteiger partial charge in [-0.1, -0.05) is 6.08 Å². The first-order valence-corrected chi connectivity index (χ1v) is 4.20. The number of hydrogen-bond donors (Lipinski definition) is 0. The second kappa shape index (κ2) is 6.09. The molecule has 0 amide bonds. The Bertz CT molecular complexity index is 196. The first-order chi connectivity index (χ1) is 5.29. The van der Waals surface area contributed by atoms with Crippen LogP contribution in [0, 0.1) is 0 Å². The van der Waals surface area contributed by atoms with Gasteiger partial charge >= 0.3 is 0 Å². The molecule has 60 valence electrons. The van der Waals surface area contributed by atoms with Crippen LogP contribution in [0.5, 0.6) is 0 Å². The smallest absolute Gasteiger partial charge is 0.158 e. The zero-order valence-corrected chi connectivity index (χ0v) is 8.52. The summed E-state index contributed by atoms with van der Waals surface area (Å²) in [6.45, 7) is 8.68. The summed E-state index contributed by atoms with van der Waals surface area (Å²) < 4.78 is 1.78. The summed E-state index contributed by atoms with van der Waals surface area (Å²) in [5, 5.41) is 5.25. The summed E-state index contributed by atoms with van der Waals surface area (Å²) in [6.07, 6.45) is 3.60. The van der Waals surface area contributed by atoms with Gasteiger partial charge in [-0.3, -0.25) is 0 Å². The van der Waals surface area contributed by atoms with Crippen LogP contribution in [-0.4, -0.2) is 18.4 Å². The molecule has 0 aromatic carbocycles. The molecule has 0 bridgehead atoms. The quantitative estimate of drug-likeness (QED) is 0.434. The van der Waals surface area contributed by atoms with Crippen LogP contribution < -0.4 is 0 Å². The molecule has 0 saturated heterocycles. The molecule has 0 N–H and O–H groups in total. The van der Waals surface area contributed by atoms with Crippen molar-refractivity contribution in [1.82, 2.24) is 5.01 Å². The molecule has 0 saturated carbocycles. The van der Waals surface area contributed by atoms with Crippen molar-refractivity contribution in [3.63, 3.8) is 0 Å². The minimum Gasteiger partial charge on any atom is -0.245 e. The first kappa shape index (κ1) is 10.3. The van der Waals surface area contributed by atoms with Crippen LogP contribution in [0.4, 0.5) is 0 Å². The van der Waals surface area contributed by atoms with E-state index in [2.05, 4.69) is 46.1 Å². The Morgan fingerprint density at radius 3 is 2.45 bits per heavy atom. The highest BCUT2D eigenvalue weighted by atomic mass is 127. The van der Waals surface area contributed by atoms with Crippen LogP contribution in [0.2, 0.25) is 0 Å². The number of hydrazone groups is 1. The molecular formula is C7H10IN3. The number of aliphatic imine (C=N–C) groups is 1. The molecule has 3 nitrogen and oxygen atoms in total.